The molecule has 0 unspecified atom stereocenters. The van der Waals surface area contributed by atoms with E-state index in [1.165, 1.54) is 24.3 Å². The molecule has 4 rings (SSSR count). The van der Waals surface area contributed by atoms with Crippen molar-refractivity contribution in [2.45, 2.75) is 29.0 Å². The van der Waals surface area contributed by atoms with Gasteiger partial charge < -0.3 is 0 Å². The van der Waals surface area contributed by atoms with Gasteiger partial charge in [0, 0.05) is 15.2 Å². The molecule has 4 atom stereocenters. The predicted molar refractivity (Wildman–Crippen MR) is 121 cm³/mol. The van der Waals surface area contributed by atoms with Gasteiger partial charge in [-0.2, -0.15) is 5.01 Å². The van der Waals surface area contributed by atoms with E-state index in [4.69, 9.17) is 11.6 Å². The quantitative estimate of drug-likeness (QED) is 0.385. The normalized spacial score (nSPS) is 25.5. The standard InChI is InChI=1S/C22H18Br2ClFN2O3/c23-16-9-14-15(10-17(16)24)22(31)28(21(14)30)27(11-12-5-1-4-8-19(12)26)20(29)13-6-2-3-7-18(13)25/h1-8,14-17H,9-11H2/t14-,15+,16+,17-. The van der Waals surface area contributed by atoms with Crippen molar-refractivity contribution in [1.82, 2.24) is 10.0 Å². The molecule has 2 aromatic rings. The minimum atomic E-state index is -0.639. The number of halogens is 4. The van der Waals surface area contributed by atoms with E-state index in [1.807, 2.05) is 0 Å². The Labute approximate surface area is 200 Å². The number of rotatable bonds is 4. The lowest BCUT2D eigenvalue weighted by atomic mass is 9.81. The second kappa shape index (κ2) is 9.00. The zero-order valence-corrected chi connectivity index (χ0v) is 20.1. The Morgan fingerprint density at radius 1 is 1.00 bits per heavy atom. The molecule has 0 aromatic heterocycles. The molecular formula is C22H18Br2ClFN2O3. The summed E-state index contributed by atoms with van der Waals surface area (Å²) in [7, 11) is 0. The minimum absolute atomic E-state index is 0.0322. The third kappa shape index (κ3) is 4.17. The summed E-state index contributed by atoms with van der Waals surface area (Å²) >= 11 is 13.3. The van der Waals surface area contributed by atoms with E-state index in [0.717, 1.165) is 10.0 Å². The lowest BCUT2D eigenvalue weighted by molar-refractivity contribution is -0.155. The van der Waals surface area contributed by atoms with Crippen molar-refractivity contribution in [2.24, 2.45) is 11.8 Å². The van der Waals surface area contributed by atoms with Crippen molar-refractivity contribution in [3.05, 3.63) is 70.5 Å². The van der Waals surface area contributed by atoms with Crippen LogP contribution in [0.1, 0.15) is 28.8 Å². The summed E-state index contributed by atoms with van der Waals surface area (Å²) in [5, 5.41) is 2.11. The van der Waals surface area contributed by atoms with E-state index in [-0.39, 0.29) is 32.3 Å². The van der Waals surface area contributed by atoms with Gasteiger partial charge in [-0.1, -0.05) is 73.8 Å². The van der Waals surface area contributed by atoms with Crippen molar-refractivity contribution in [3.63, 3.8) is 0 Å². The Morgan fingerprint density at radius 2 is 1.55 bits per heavy atom. The largest absolute Gasteiger partial charge is 0.274 e. The predicted octanol–water partition coefficient (Wildman–Crippen LogP) is 4.96. The molecule has 0 bridgehead atoms. The fourth-order valence-electron chi connectivity index (χ4n) is 4.11. The van der Waals surface area contributed by atoms with Crippen LogP contribution in [-0.4, -0.2) is 37.4 Å². The summed E-state index contributed by atoms with van der Waals surface area (Å²) < 4.78 is 14.4. The molecule has 0 radical (unpaired) electrons. The van der Waals surface area contributed by atoms with Gasteiger partial charge in [0.15, 0.2) is 0 Å². The van der Waals surface area contributed by atoms with Crippen LogP contribution in [0.4, 0.5) is 4.39 Å². The highest BCUT2D eigenvalue weighted by Crippen LogP contribution is 2.44. The van der Waals surface area contributed by atoms with Gasteiger partial charge in [-0.25, -0.2) is 9.40 Å². The van der Waals surface area contributed by atoms with Crippen LogP contribution < -0.4 is 0 Å². The summed E-state index contributed by atoms with van der Waals surface area (Å²) in [6.45, 7) is -0.275. The summed E-state index contributed by atoms with van der Waals surface area (Å²) in [6.07, 6.45) is 0.935. The molecule has 162 valence electrons. The highest BCUT2D eigenvalue weighted by Gasteiger charge is 2.54. The lowest BCUT2D eigenvalue weighted by Gasteiger charge is -2.31. The van der Waals surface area contributed by atoms with Crippen LogP contribution in [0, 0.1) is 17.7 Å². The zero-order valence-electron chi connectivity index (χ0n) is 16.2. The molecular weight excluding hydrogens is 555 g/mol. The molecule has 1 heterocycles. The fourth-order valence-corrected chi connectivity index (χ4v) is 5.56. The molecule has 2 aromatic carbocycles. The van der Waals surface area contributed by atoms with Gasteiger partial charge in [-0.05, 0) is 31.0 Å². The molecule has 2 fully saturated rings. The number of nitrogens with zero attached hydrogens (tertiary/aromatic N) is 2. The van der Waals surface area contributed by atoms with E-state index in [1.54, 1.807) is 24.3 Å². The summed E-state index contributed by atoms with van der Waals surface area (Å²) in [6, 6.07) is 12.3. The number of amides is 3. The first kappa shape index (κ1) is 22.4. The van der Waals surface area contributed by atoms with Crippen LogP contribution in [0.5, 0.6) is 0 Å². The van der Waals surface area contributed by atoms with E-state index in [9.17, 15) is 18.8 Å². The van der Waals surface area contributed by atoms with Crippen molar-refractivity contribution in [1.29, 1.82) is 0 Å². The van der Waals surface area contributed by atoms with Gasteiger partial charge in [0.05, 0.1) is 29.0 Å². The Kier molecular flexibility index (Phi) is 6.51. The van der Waals surface area contributed by atoms with Gasteiger partial charge in [0.2, 0.25) is 0 Å². The summed E-state index contributed by atoms with van der Waals surface area (Å²) in [4.78, 5) is 40.1. The van der Waals surface area contributed by atoms with E-state index >= 15 is 0 Å². The number of fused-ring (bicyclic) bond motifs is 1. The third-order valence-corrected chi connectivity index (χ3v) is 8.81. The second-order valence-corrected chi connectivity index (χ2v) is 10.4. The van der Waals surface area contributed by atoms with Crippen molar-refractivity contribution in [3.8, 4) is 0 Å². The van der Waals surface area contributed by atoms with Crippen LogP contribution in [-0.2, 0) is 16.1 Å². The Bertz CT molecular complexity index is 1020. The number of alkyl halides is 2. The molecule has 2 aliphatic rings. The van der Waals surface area contributed by atoms with Crippen molar-refractivity contribution in [2.75, 3.05) is 0 Å². The number of hydrogen-bond donors (Lipinski definition) is 0. The number of hydrogen-bond acceptors (Lipinski definition) is 3. The van der Waals surface area contributed by atoms with E-state index < -0.39 is 35.4 Å². The maximum absolute atomic E-state index is 14.4. The van der Waals surface area contributed by atoms with E-state index in [2.05, 4.69) is 31.9 Å². The van der Waals surface area contributed by atoms with Gasteiger partial charge in [-0.3, -0.25) is 14.4 Å². The molecule has 1 saturated carbocycles. The smallest absolute Gasteiger partial charge is 0.272 e. The van der Waals surface area contributed by atoms with Gasteiger partial charge in [-0.15, -0.1) is 0 Å². The maximum Gasteiger partial charge on any atom is 0.274 e. The number of carbonyl (C=O) groups is 3. The first-order valence-electron chi connectivity index (χ1n) is 9.75. The first-order valence-corrected chi connectivity index (χ1v) is 12.0. The Hall–Kier alpha value is -1.77. The van der Waals surface area contributed by atoms with Gasteiger partial charge in [0.25, 0.3) is 17.7 Å². The maximum atomic E-state index is 14.4. The molecule has 1 aliphatic heterocycles. The van der Waals surface area contributed by atoms with Crippen molar-refractivity contribution < 1.29 is 18.8 Å². The first-order chi connectivity index (χ1) is 14.8. The molecule has 9 heteroatoms. The third-order valence-electron chi connectivity index (χ3n) is 5.75. The zero-order chi connectivity index (χ0) is 22.3. The van der Waals surface area contributed by atoms with Gasteiger partial charge in [0.1, 0.15) is 5.82 Å². The number of imide groups is 1. The average molecular weight is 573 g/mol. The monoisotopic (exact) mass is 570 g/mol. The molecule has 1 saturated heterocycles. The SMILES string of the molecule is O=C(c1ccccc1Cl)N(Cc1ccccc1F)N1C(=O)[C@H]2C[C@@H](Br)[C@@H](Br)C[C@H]2C1=O. The van der Waals surface area contributed by atoms with Crippen LogP contribution in [0.3, 0.4) is 0 Å². The van der Waals surface area contributed by atoms with Crippen LogP contribution in [0.2, 0.25) is 5.02 Å². The van der Waals surface area contributed by atoms with Crippen molar-refractivity contribution >= 4 is 61.2 Å². The second-order valence-electron chi connectivity index (χ2n) is 7.64. The number of carbonyl (C=O) groups excluding carboxylic acids is 3. The average Bonchev–Trinajstić information content (AvgIpc) is 2.97. The number of benzene rings is 2. The van der Waals surface area contributed by atoms with Gasteiger partial charge >= 0.3 is 0 Å². The number of hydrazine groups is 1. The molecule has 5 nitrogen and oxygen atoms in total. The molecule has 31 heavy (non-hydrogen) atoms. The highest BCUT2D eigenvalue weighted by molar-refractivity contribution is 9.12. The molecule has 0 spiro atoms. The minimum Gasteiger partial charge on any atom is -0.272 e. The Balaban J connectivity index is 1.74. The Morgan fingerprint density at radius 3 is 2.13 bits per heavy atom. The van der Waals surface area contributed by atoms with Crippen LogP contribution in [0.15, 0.2) is 48.5 Å². The van der Waals surface area contributed by atoms with Crippen LogP contribution >= 0.6 is 43.5 Å². The van der Waals surface area contributed by atoms with Crippen LogP contribution in [0.25, 0.3) is 0 Å². The summed E-state index contributed by atoms with van der Waals surface area (Å²) in [5.74, 6) is -3.14. The fraction of sp³-hybridized carbons (Fsp3) is 0.318. The molecule has 3 amide bonds. The van der Waals surface area contributed by atoms with E-state index in [0.29, 0.717) is 12.8 Å². The molecule has 1 aliphatic carbocycles. The summed E-state index contributed by atoms with van der Waals surface area (Å²) in [5.41, 5.74) is 0.322. The topological polar surface area (TPSA) is 57.7 Å². The highest BCUT2D eigenvalue weighted by atomic mass is 79.9. The molecule has 0 N–H and O–H groups in total. The lowest BCUT2D eigenvalue weighted by Crippen LogP contribution is -2.50.